The number of hydrogen-bond donors (Lipinski definition) is 2. The van der Waals surface area contributed by atoms with E-state index in [1.165, 1.54) is 94.6 Å². The zero-order valence-electron chi connectivity index (χ0n) is 43.1. The molecule has 0 saturated heterocycles. The summed E-state index contributed by atoms with van der Waals surface area (Å²) in [5.41, 5.74) is 31.3. The minimum atomic E-state index is -0.109. The number of hydrogen-bond acceptors (Lipinski definition) is 4. The smallest absolute Gasteiger partial charge is 0.252 e. The molecule has 364 valence electrons. The third kappa shape index (κ3) is 7.41. The summed E-state index contributed by atoms with van der Waals surface area (Å²) >= 11 is 0. The van der Waals surface area contributed by atoms with E-state index in [4.69, 9.17) is 0 Å². The monoisotopic (exact) mass is 1000 g/mol. The Hall–Kier alpha value is -9.97. The molecule has 4 aliphatic heterocycles. The fourth-order valence-corrected chi connectivity index (χ4v) is 12.9. The summed E-state index contributed by atoms with van der Waals surface area (Å²) < 4.78 is 0. The number of rotatable bonds is 9. The molecule has 0 spiro atoms. The van der Waals surface area contributed by atoms with Crippen molar-refractivity contribution in [2.24, 2.45) is 0 Å². The third-order valence-electron chi connectivity index (χ3n) is 16.5. The molecule has 0 fully saturated rings. The Morgan fingerprint density at radius 3 is 1.01 bits per heavy atom. The lowest BCUT2D eigenvalue weighted by Crippen LogP contribution is -2.67. The van der Waals surface area contributed by atoms with Gasteiger partial charge in [0.2, 0.25) is 0 Å². The van der Waals surface area contributed by atoms with E-state index in [0.29, 0.717) is 0 Å². The van der Waals surface area contributed by atoms with Gasteiger partial charge in [0, 0.05) is 62.4 Å². The third-order valence-corrected chi connectivity index (χ3v) is 16.5. The summed E-state index contributed by atoms with van der Waals surface area (Å²) in [5, 5.41) is 7.95. The molecule has 4 nitrogen and oxygen atoms in total. The average molecular weight is 1000 g/mol. The maximum atomic E-state index is 3.98. The van der Waals surface area contributed by atoms with E-state index in [9.17, 15) is 0 Å². The largest absolute Gasteiger partial charge is 0.355 e. The van der Waals surface area contributed by atoms with Crippen molar-refractivity contribution in [3.05, 3.63) is 273 Å². The summed E-state index contributed by atoms with van der Waals surface area (Å²) in [6.07, 6.45) is 0. The minimum Gasteiger partial charge on any atom is -0.355 e. The second-order valence-electron chi connectivity index (χ2n) is 21.0. The first-order chi connectivity index (χ1) is 39.2. The van der Waals surface area contributed by atoms with Crippen LogP contribution < -0.4 is 58.7 Å². The van der Waals surface area contributed by atoms with Crippen LogP contribution in [0.2, 0.25) is 0 Å². The molecule has 0 amide bonds. The summed E-state index contributed by atoms with van der Waals surface area (Å²) in [6, 6.07) is 99.9. The zero-order chi connectivity index (χ0) is 52.0. The molecule has 16 rings (SSSR count). The molecule has 2 N–H and O–H groups in total. The summed E-state index contributed by atoms with van der Waals surface area (Å²) in [7, 11) is 4.99. The molecule has 12 aromatic carbocycles. The van der Waals surface area contributed by atoms with E-state index in [1.54, 1.807) is 0 Å². The maximum absolute atomic E-state index is 3.98. The predicted molar refractivity (Wildman–Crippen MR) is 337 cm³/mol. The minimum absolute atomic E-state index is 0.109. The first kappa shape index (κ1) is 45.2. The Labute approximate surface area is 462 Å². The molecule has 0 aliphatic carbocycles. The molecule has 7 heteroatoms. The highest BCUT2D eigenvalue weighted by Crippen LogP contribution is 2.50. The van der Waals surface area contributed by atoms with Crippen molar-refractivity contribution in [1.82, 2.24) is 0 Å². The normalized spacial score (nSPS) is 12.7. The number of para-hydroxylation sites is 2. The molecule has 0 unspecified atom stereocenters. The summed E-state index contributed by atoms with van der Waals surface area (Å²) in [5.74, 6) is 0. The van der Waals surface area contributed by atoms with Gasteiger partial charge in [-0.2, -0.15) is 0 Å². The molecule has 4 heterocycles. The molecule has 12 aromatic rings. The van der Waals surface area contributed by atoms with Crippen LogP contribution in [0.5, 0.6) is 0 Å². The molecule has 0 atom stereocenters. The molecule has 0 saturated carbocycles. The van der Waals surface area contributed by atoms with E-state index in [0.717, 1.165) is 56.2 Å². The highest BCUT2D eigenvalue weighted by molar-refractivity contribution is 7.02. The van der Waals surface area contributed by atoms with Crippen LogP contribution in [0.25, 0.3) is 55.6 Å². The number of fused-ring (bicyclic) bond motifs is 10. The van der Waals surface area contributed by atoms with Gasteiger partial charge in [-0.25, -0.2) is 0 Å². The van der Waals surface area contributed by atoms with Crippen molar-refractivity contribution in [3.63, 3.8) is 0 Å². The zero-order valence-corrected chi connectivity index (χ0v) is 43.1. The number of nitrogens with one attached hydrogen (secondary N) is 2. The quantitative estimate of drug-likeness (QED) is 0.141. The molecule has 0 bridgehead atoms. The van der Waals surface area contributed by atoms with Crippen molar-refractivity contribution < 1.29 is 0 Å². The molecule has 2 radical (unpaired) electrons. The first-order valence-electron chi connectivity index (χ1n) is 27.3. The Morgan fingerprint density at radius 2 is 0.633 bits per heavy atom. The Morgan fingerprint density at radius 1 is 0.291 bits per heavy atom. The second-order valence-corrected chi connectivity index (χ2v) is 21.0. The van der Waals surface area contributed by atoms with Gasteiger partial charge in [0.05, 0.1) is 0 Å². The van der Waals surface area contributed by atoms with Crippen molar-refractivity contribution in [2.45, 2.75) is 0 Å². The van der Waals surface area contributed by atoms with Crippen LogP contribution in [0.15, 0.2) is 273 Å². The van der Waals surface area contributed by atoms with Crippen LogP contribution >= 0.6 is 0 Å². The summed E-state index contributed by atoms with van der Waals surface area (Å²) in [6.45, 7) is -0.109. The SMILES string of the molecule is [B]1c2ccc(-c3ccccc3)cc2N2c3cc(-c4ccccc4)ccc3B3c4ccc(-c5ccccc5)cc4N4c5cc(-c6ccccc6)ccc5[B]c5c(-c6c(Nc7ccccc7)cccc6Nc6ccccc6)c1c2c3c54. The van der Waals surface area contributed by atoms with Crippen molar-refractivity contribution >= 4 is 116 Å². The molecule has 0 aromatic heterocycles. The topological polar surface area (TPSA) is 30.5 Å². The highest BCUT2D eigenvalue weighted by atomic mass is 15.2. The lowest BCUT2D eigenvalue weighted by Gasteiger charge is -2.50. The standard InChI is InChI=1S/C72H47B3N4/c1-7-20-46(21-8-1)50-34-38-56-62(42-50)78-64-44-52(48-24-11-3-12-25-48)36-40-58(64)75-59-41-37-53(49-26-13-4-14-27-49)45-65(59)79-63-43-51(47-22-9-2-10-23-47)35-39-57(63)74-69-67(68(73-56)71(78)70(75)72(69)79)66-60(76-54-28-15-5-16-29-54)32-19-33-61(66)77-55-30-17-6-18-31-55/h1-45,76-77H. The van der Waals surface area contributed by atoms with Crippen molar-refractivity contribution in [1.29, 1.82) is 0 Å². The van der Waals surface area contributed by atoms with E-state index in [2.05, 4.69) is 308 Å². The van der Waals surface area contributed by atoms with E-state index >= 15 is 0 Å². The Bertz CT molecular complexity index is 4090. The van der Waals surface area contributed by atoms with Gasteiger partial charge in [-0.1, -0.05) is 234 Å². The number of nitrogens with zero attached hydrogens (tertiary/aromatic N) is 2. The van der Waals surface area contributed by atoms with E-state index in [-0.39, 0.29) is 6.71 Å². The fraction of sp³-hybridized carbons (Fsp3) is 0. The highest BCUT2D eigenvalue weighted by Gasteiger charge is 2.50. The van der Waals surface area contributed by atoms with Crippen LogP contribution in [0, 0.1) is 0 Å². The lowest BCUT2D eigenvalue weighted by molar-refractivity contribution is 1.27. The molecular formula is C72H47B3N4. The number of benzene rings is 12. The van der Waals surface area contributed by atoms with Gasteiger partial charge in [0.1, 0.15) is 0 Å². The van der Waals surface area contributed by atoms with Crippen LogP contribution in [0.1, 0.15) is 0 Å². The Kier molecular flexibility index (Phi) is 10.5. The van der Waals surface area contributed by atoms with Crippen LogP contribution in [-0.4, -0.2) is 21.3 Å². The number of anilines is 10. The van der Waals surface area contributed by atoms with Gasteiger partial charge in [-0.3, -0.25) is 0 Å². The van der Waals surface area contributed by atoms with Crippen LogP contribution in [0.3, 0.4) is 0 Å². The fourth-order valence-electron chi connectivity index (χ4n) is 12.9. The van der Waals surface area contributed by atoms with E-state index in [1.807, 2.05) is 0 Å². The van der Waals surface area contributed by atoms with Gasteiger partial charge in [-0.05, 0) is 127 Å². The predicted octanol–water partition coefficient (Wildman–Crippen LogP) is 13.5. The van der Waals surface area contributed by atoms with Crippen LogP contribution in [0.4, 0.5) is 56.9 Å². The van der Waals surface area contributed by atoms with Gasteiger partial charge >= 0.3 is 0 Å². The molecular weight excluding hydrogens is 953 g/mol. The first-order valence-corrected chi connectivity index (χ1v) is 27.3. The maximum Gasteiger partial charge on any atom is 0.252 e. The van der Waals surface area contributed by atoms with E-state index < -0.39 is 0 Å². The summed E-state index contributed by atoms with van der Waals surface area (Å²) in [4.78, 5) is 5.28. The average Bonchev–Trinajstić information content (AvgIpc) is 2.85. The Balaban J connectivity index is 1.06. The van der Waals surface area contributed by atoms with Crippen LogP contribution in [-0.2, 0) is 0 Å². The van der Waals surface area contributed by atoms with Gasteiger partial charge in [0.15, 0.2) is 14.6 Å². The van der Waals surface area contributed by atoms with Gasteiger partial charge in [0.25, 0.3) is 6.71 Å². The van der Waals surface area contributed by atoms with Gasteiger partial charge < -0.3 is 20.4 Å². The van der Waals surface area contributed by atoms with Crippen molar-refractivity contribution in [3.8, 4) is 55.6 Å². The van der Waals surface area contributed by atoms with Crippen molar-refractivity contribution in [2.75, 3.05) is 20.4 Å². The molecule has 4 aliphatic rings. The molecule has 79 heavy (non-hydrogen) atoms. The van der Waals surface area contributed by atoms with Gasteiger partial charge in [-0.15, -0.1) is 0 Å². The lowest BCUT2D eigenvalue weighted by atomic mass is 9.31. The second kappa shape index (κ2) is 18.4.